The van der Waals surface area contributed by atoms with Gasteiger partial charge in [-0.2, -0.15) is 0 Å². The zero-order valence-corrected chi connectivity index (χ0v) is 16.5. The fraction of sp³-hybridized carbons (Fsp3) is 0.136. The zero-order chi connectivity index (χ0) is 21.3. The molecule has 0 spiro atoms. The summed E-state index contributed by atoms with van der Waals surface area (Å²) in [5.41, 5.74) is 10.7. The number of imidazole rings is 1. The number of hydrogen-bond donors (Lipinski definition) is 1. The van der Waals surface area contributed by atoms with E-state index in [1.807, 2.05) is 34.9 Å². The predicted molar refractivity (Wildman–Crippen MR) is 113 cm³/mol. The van der Waals surface area contributed by atoms with Gasteiger partial charge in [-0.05, 0) is 42.8 Å². The monoisotopic (exact) mass is 398 g/mol. The van der Waals surface area contributed by atoms with Crippen molar-refractivity contribution in [2.45, 2.75) is 20.5 Å². The number of fused-ring (bicyclic) bond motifs is 1. The molecule has 30 heavy (non-hydrogen) atoms. The van der Waals surface area contributed by atoms with Gasteiger partial charge in [0.2, 0.25) is 5.69 Å². The first-order valence-electron chi connectivity index (χ1n) is 9.19. The molecule has 0 unspecified atom stereocenters. The number of ether oxygens (including phenoxy) is 1. The fourth-order valence-corrected chi connectivity index (χ4v) is 3.15. The number of rotatable bonds is 4. The Morgan fingerprint density at radius 3 is 2.67 bits per heavy atom. The highest BCUT2D eigenvalue weighted by atomic mass is 16.5. The van der Waals surface area contributed by atoms with E-state index < -0.39 is 0 Å². The van der Waals surface area contributed by atoms with Crippen LogP contribution in [-0.4, -0.2) is 25.5 Å². The lowest BCUT2D eigenvalue weighted by molar-refractivity contribution is -0.142. The van der Waals surface area contributed by atoms with E-state index in [4.69, 9.17) is 22.0 Å². The summed E-state index contributed by atoms with van der Waals surface area (Å²) in [7, 11) is 0. The lowest BCUT2D eigenvalue weighted by atomic mass is 10.2. The van der Waals surface area contributed by atoms with E-state index in [9.17, 15) is 4.79 Å². The van der Waals surface area contributed by atoms with E-state index in [1.165, 1.54) is 6.92 Å². The number of carbonyl (C=O) groups is 1. The molecule has 1 aromatic carbocycles. The average Bonchev–Trinajstić information content (AvgIpc) is 3.10. The number of nitrogens with zero attached hydrogens (tertiary/aromatic N) is 5. The SMILES string of the molecule is [C-]#[N+]c1cc2nc(-c3cccnc3N)n(-c3ccc(COC(C)=O)cc3)c2nc1C. The Bertz CT molecular complexity index is 1300. The zero-order valence-electron chi connectivity index (χ0n) is 16.5. The van der Waals surface area contributed by atoms with Crippen LogP contribution in [0.25, 0.3) is 33.1 Å². The van der Waals surface area contributed by atoms with E-state index >= 15 is 0 Å². The van der Waals surface area contributed by atoms with Crippen molar-refractivity contribution in [3.05, 3.63) is 71.3 Å². The predicted octanol–water partition coefficient (Wildman–Crippen LogP) is 3.99. The van der Waals surface area contributed by atoms with Gasteiger partial charge in [-0.15, -0.1) is 0 Å². The molecule has 0 aliphatic heterocycles. The van der Waals surface area contributed by atoms with Crippen LogP contribution < -0.4 is 5.73 Å². The van der Waals surface area contributed by atoms with E-state index in [0.717, 1.165) is 11.3 Å². The van der Waals surface area contributed by atoms with Crippen molar-refractivity contribution in [2.75, 3.05) is 5.73 Å². The van der Waals surface area contributed by atoms with E-state index in [2.05, 4.69) is 14.8 Å². The second-order valence-corrected chi connectivity index (χ2v) is 6.70. The van der Waals surface area contributed by atoms with Gasteiger partial charge in [-0.25, -0.2) is 19.8 Å². The average molecular weight is 398 g/mol. The third kappa shape index (κ3) is 3.44. The highest BCUT2D eigenvalue weighted by molar-refractivity contribution is 5.85. The highest BCUT2D eigenvalue weighted by Gasteiger charge is 2.19. The Balaban J connectivity index is 1.92. The van der Waals surface area contributed by atoms with Gasteiger partial charge in [0.1, 0.15) is 12.4 Å². The van der Waals surface area contributed by atoms with Gasteiger partial charge in [-0.3, -0.25) is 9.36 Å². The summed E-state index contributed by atoms with van der Waals surface area (Å²) in [4.78, 5) is 28.1. The van der Waals surface area contributed by atoms with Crippen molar-refractivity contribution in [3.63, 3.8) is 0 Å². The molecule has 4 aromatic rings. The number of anilines is 1. The molecule has 4 rings (SSSR count). The van der Waals surface area contributed by atoms with Crippen molar-refractivity contribution < 1.29 is 9.53 Å². The molecule has 3 aromatic heterocycles. The number of pyridine rings is 2. The van der Waals surface area contributed by atoms with Crippen LogP contribution in [0.15, 0.2) is 48.7 Å². The summed E-state index contributed by atoms with van der Waals surface area (Å²) < 4.78 is 6.94. The Hall–Kier alpha value is -4.25. The van der Waals surface area contributed by atoms with Gasteiger partial charge >= 0.3 is 5.97 Å². The van der Waals surface area contributed by atoms with Gasteiger partial charge in [0.05, 0.1) is 17.7 Å². The van der Waals surface area contributed by atoms with Gasteiger partial charge in [0, 0.05) is 24.5 Å². The quantitative estimate of drug-likeness (QED) is 0.412. The maximum absolute atomic E-state index is 11.1. The smallest absolute Gasteiger partial charge is 0.302 e. The van der Waals surface area contributed by atoms with Gasteiger partial charge in [0.25, 0.3) is 0 Å². The molecule has 148 valence electrons. The molecule has 3 heterocycles. The van der Waals surface area contributed by atoms with Crippen molar-refractivity contribution in [1.29, 1.82) is 0 Å². The molecule has 0 radical (unpaired) electrons. The second kappa shape index (κ2) is 7.64. The number of carbonyl (C=O) groups excluding carboxylic acids is 1. The molecule has 0 atom stereocenters. The number of aryl methyl sites for hydroxylation is 1. The third-order valence-electron chi connectivity index (χ3n) is 4.63. The Morgan fingerprint density at radius 1 is 1.23 bits per heavy atom. The van der Waals surface area contributed by atoms with Crippen LogP contribution in [0, 0.1) is 13.5 Å². The summed E-state index contributed by atoms with van der Waals surface area (Å²) >= 11 is 0. The summed E-state index contributed by atoms with van der Waals surface area (Å²) in [5.74, 6) is 0.601. The highest BCUT2D eigenvalue weighted by Crippen LogP contribution is 2.32. The van der Waals surface area contributed by atoms with Gasteiger partial charge < -0.3 is 10.5 Å². The molecule has 0 amide bonds. The second-order valence-electron chi connectivity index (χ2n) is 6.70. The van der Waals surface area contributed by atoms with Gasteiger partial charge in [-0.1, -0.05) is 12.1 Å². The molecule has 2 N–H and O–H groups in total. The van der Waals surface area contributed by atoms with E-state index in [1.54, 1.807) is 25.3 Å². The summed E-state index contributed by atoms with van der Waals surface area (Å²) in [6.45, 7) is 10.7. The number of hydrogen-bond acceptors (Lipinski definition) is 6. The first-order chi connectivity index (χ1) is 14.5. The number of benzene rings is 1. The standard InChI is InChI=1S/C22H18N6O2/c1-13-18(24-3)11-19-22(26-13)28(21(27-19)17-5-4-10-25-20(17)23)16-8-6-15(7-9-16)12-30-14(2)29/h4-11H,12H2,1-2H3,(H2,23,25). The molecule has 0 aliphatic rings. The maximum atomic E-state index is 11.1. The maximum Gasteiger partial charge on any atom is 0.302 e. The minimum atomic E-state index is -0.329. The van der Waals surface area contributed by atoms with Gasteiger partial charge in [0.15, 0.2) is 11.5 Å². The molecule has 0 bridgehead atoms. The van der Waals surface area contributed by atoms with Crippen LogP contribution in [0.4, 0.5) is 11.5 Å². The Kier molecular flexibility index (Phi) is 4.86. The van der Waals surface area contributed by atoms with Crippen LogP contribution in [0.5, 0.6) is 0 Å². The minimum Gasteiger partial charge on any atom is -0.461 e. The topological polar surface area (TPSA) is 100 Å². The summed E-state index contributed by atoms with van der Waals surface area (Å²) in [6, 6.07) is 12.9. The Labute approximate surface area is 172 Å². The molecule has 0 aliphatic carbocycles. The van der Waals surface area contributed by atoms with Crippen molar-refractivity contribution >= 4 is 28.6 Å². The first-order valence-corrected chi connectivity index (χ1v) is 9.19. The van der Waals surface area contributed by atoms with E-state index in [-0.39, 0.29) is 12.6 Å². The van der Waals surface area contributed by atoms with E-state index in [0.29, 0.717) is 39.8 Å². The number of nitrogen functional groups attached to an aromatic ring is 1. The lowest BCUT2D eigenvalue weighted by Gasteiger charge is -2.11. The van der Waals surface area contributed by atoms with Crippen LogP contribution in [0.3, 0.4) is 0 Å². The molecule has 8 nitrogen and oxygen atoms in total. The number of esters is 1. The molecule has 0 saturated heterocycles. The fourth-order valence-electron chi connectivity index (χ4n) is 3.15. The van der Waals surface area contributed by atoms with Crippen molar-refractivity contribution in [2.24, 2.45) is 0 Å². The van der Waals surface area contributed by atoms with Crippen molar-refractivity contribution in [3.8, 4) is 17.1 Å². The molecular formula is C22H18N6O2. The lowest BCUT2D eigenvalue weighted by Crippen LogP contribution is -2.03. The molecular weight excluding hydrogens is 380 g/mol. The minimum absolute atomic E-state index is 0.203. The number of aromatic nitrogens is 4. The normalized spacial score (nSPS) is 10.7. The van der Waals surface area contributed by atoms with Crippen LogP contribution in [0.2, 0.25) is 0 Å². The summed E-state index contributed by atoms with van der Waals surface area (Å²) in [6.07, 6.45) is 1.62. The first kappa shape index (κ1) is 19.1. The summed E-state index contributed by atoms with van der Waals surface area (Å²) in [5, 5.41) is 0. The van der Waals surface area contributed by atoms with Crippen LogP contribution >= 0.6 is 0 Å². The Morgan fingerprint density at radius 2 is 2.00 bits per heavy atom. The molecule has 0 fully saturated rings. The third-order valence-corrected chi connectivity index (χ3v) is 4.63. The largest absolute Gasteiger partial charge is 0.461 e. The molecule has 8 heteroatoms. The van der Waals surface area contributed by atoms with Crippen LogP contribution in [-0.2, 0) is 16.1 Å². The van der Waals surface area contributed by atoms with Crippen LogP contribution in [0.1, 0.15) is 18.2 Å². The molecule has 0 saturated carbocycles. The van der Waals surface area contributed by atoms with Crippen molar-refractivity contribution in [1.82, 2.24) is 19.5 Å². The number of nitrogens with two attached hydrogens (primary N) is 1.